The van der Waals surface area contributed by atoms with Crippen molar-refractivity contribution in [2.45, 2.75) is 6.54 Å². The summed E-state index contributed by atoms with van der Waals surface area (Å²) in [4.78, 5) is 11.6. The molecule has 158 valence electrons. The van der Waals surface area contributed by atoms with E-state index in [0.717, 1.165) is 46.0 Å². The third-order valence-corrected chi connectivity index (χ3v) is 5.62. The number of ether oxygens (including phenoxy) is 1. The van der Waals surface area contributed by atoms with Gasteiger partial charge in [-0.25, -0.2) is 9.97 Å². The first-order chi connectivity index (χ1) is 15.8. The Hall–Kier alpha value is -4.12. The van der Waals surface area contributed by atoms with Crippen LogP contribution in [-0.4, -0.2) is 28.7 Å². The van der Waals surface area contributed by atoms with Gasteiger partial charge in [-0.15, -0.1) is 0 Å². The minimum atomic E-state index is 0.751. The van der Waals surface area contributed by atoms with E-state index in [2.05, 4.69) is 71.2 Å². The Labute approximate surface area is 187 Å². The first-order valence-corrected chi connectivity index (χ1v) is 10.6. The average molecular weight is 421 g/mol. The van der Waals surface area contributed by atoms with Gasteiger partial charge in [-0.2, -0.15) is 0 Å². The van der Waals surface area contributed by atoms with Crippen molar-refractivity contribution in [3.63, 3.8) is 0 Å². The molecule has 0 amide bonds. The highest BCUT2D eigenvalue weighted by Crippen LogP contribution is 2.38. The zero-order chi connectivity index (χ0) is 21.9. The highest BCUT2D eigenvalue weighted by molar-refractivity contribution is 6.02. The second kappa shape index (κ2) is 8.55. The van der Waals surface area contributed by atoms with Crippen LogP contribution >= 0.6 is 0 Å². The molecule has 0 radical (unpaired) electrons. The number of fused-ring (bicyclic) bond motifs is 1. The first kappa shape index (κ1) is 19.8. The molecule has 5 aromatic rings. The summed E-state index contributed by atoms with van der Waals surface area (Å²) in [5, 5.41) is 1.02. The van der Waals surface area contributed by atoms with Gasteiger partial charge in [-0.3, -0.25) is 4.57 Å². The minimum Gasteiger partial charge on any atom is -0.495 e. The molecular weight excluding hydrogens is 396 g/mol. The summed E-state index contributed by atoms with van der Waals surface area (Å²) in [7, 11) is 3.76. The summed E-state index contributed by atoms with van der Waals surface area (Å²) in [5.41, 5.74) is 5.22. The monoisotopic (exact) mass is 420 g/mol. The van der Waals surface area contributed by atoms with Gasteiger partial charge in [0.25, 0.3) is 0 Å². The zero-order valence-corrected chi connectivity index (χ0v) is 18.1. The van der Waals surface area contributed by atoms with Crippen LogP contribution in [0.3, 0.4) is 0 Å². The Morgan fingerprint density at radius 1 is 0.844 bits per heavy atom. The van der Waals surface area contributed by atoms with Crippen LogP contribution in [0.4, 0.5) is 5.82 Å². The second-order valence-electron chi connectivity index (χ2n) is 7.69. The maximum absolute atomic E-state index is 5.65. The predicted molar refractivity (Wildman–Crippen MR) is 129 cm³/mol. The van der Waals surface area contributed by atoms with Gasteiger partial charge in [-0.05, 0) is 23.3 Å². The van der Waals surface area contributed by atoms with E-state index in [0.29, 0.717) is 0 Å². The summed E-state index contributed by atoms with van der Waals surface area (Å²) in [5.74, 6) is 1.69. The molecule has 0 aliphatic carbocycles. The van der Waals surface area contributed by atoms with Crippen molar-refractivity contribution in [1.29, 1.82) is 0 Å². The fourth-order valence-corrected chi connectivity index (χ4v) is 4.12. The van der Waals surface area contributed by atoms with Crippen LogP contribution in [0.25, 0.3) is 27.8 Å². The lowest BCUT2D eigenvalue weighted by Crippen LogP contribution is -2.18. The number of benzene rings is 3. The number of anilines is 1. The van der Waals surface area contributed by atoms with Crippen LogP contribution in [0.5, 0.6) is 5.75 Å². The van der Waals surface area contributed by atoms with E-state index in [4.69, 9.17) is 14.7 Å². The predicted octanol–water partition coefficient (Wildman–Crippen LogP) is 5.73. The van der Waals surface area contributed by atoms with Crippen molar-refractivity contribution < 1.29 is 4.74 Å². The molecule has 0 atom stereocenters. The lowest BCUT2D eigenvalue weighted by atomic mass is 10.1. The van der Waals surface area contributed by atoms with Gasteiger partial charge in [0.1, 0.15) is 17.9 Å². The molecule has 0 saturated heterocycles. The lowest BCUT2D eigenvalue weighted by Gasteiger charge is -2.20. The molecule has 5 rings (SSSR count). The molecule has 0 unspecified atom stereocenters. The molecule has 3 aromatic carbocycles. The number of methoxy groups -OCH3 is 1. The highest BCUT2D eigenvalue weighted by Gasteiger charge is 2.20. The summed E-state index contributed by atoms with van der Waals surface area (Å²) >= 11 is 0. The smallest absolute Gasteiger partial charge is 0.150 e. The van der Waals surface area contributed by atoms with Crippen LogP contribution < -0.4 is 9.64 Å². The Balaban J connectivity index is 1.73. The third kappa shape index (κ3) is 3.58. The maximum atomic E-state index is 5.65. The van der Waals surface area contributed by atoms with Crippen molar-refractivity contribution in [2.24, 2.45) is 0 Å². The Bertz CT molecular complexity index is 1350. The molecule has 0 spiro atoms. The fourth-order valence-electron chi connectivity index (χ4n) is 4.12. The topological polar surface area (TPSA) is 43.2 Å². The third-order valence-electron chi connectivity index (χ3n) is 5.62. The molecule has 2 heterocycles. The van der Waals surface area contributed by atoms with Gasteiger partial charge in [-0.1, -0.05) is 72.8 Å². The SMILES string of the molecule is COc1ccccc1-n1cc(-c2ccccc2)c2c(N(C)Cc3ccccc3)ncnc21. The number of nitrogens with zero attached hydrogens (tertiary/aromatic N) is 4. The molecule has 0 bridgehead atoms. The summed E-state index contributed by atoms with van der Waals surface area (Å²) in [6.45, 7) is 0.751. The van der Waals surface area contributed by atoms with Crippen LogP contribution in [0, 0.1) is 0 Å². The van der Waals surface area contributed by atoms with Crippen molar-refractivity contribution in [1.82, 2.24) is 14.5 Å². The summed E-state index contributed by atoms with van der Waals surface area (Å²) < 4.78 is 7.74. The van der Waals surface area contributed by atoms with Gasteiger partial charge in [0.05, 0.1) is 18.2 Å². The molecule has 0 aliphatic heterocycles. The van der Waals surface area contributed by atoms with Crippen LogP contribution in [0.15, 0.2) is 97.5 Å². The van der Waals surface area contributed by atoms with E-state index in [1.54, 1.807) is 13.4 Å². The van der Waals surface area contributed by atoms with Crippen molar-refractivity contribution in [2.75, 3.05) is 19.1 Å². The largest absolute Gasteiger partial charge is 0.495 e. The zero-order valence-electron chi connectivity index (χ0n) is 18.1. The Morgan fingerprint density at radius 3 is 2.28 bits per heavy atom. The number of aromatic nitrogens is 3. The van der Waals surface area contributed by atoms with E-state index in [9.17, 15) is 0 Å². The van der Waals surface area contributed by atoms with Crippen LogP contribution in [0.2, 0.25) is 0 Å². The molecule has 0 saturated carbocycles. The molecule has 0 fully saturated rings. The second-order valence-corrected chi connectivity index (χ2v) is 7.69. The van der Waals surface area contributed by atoms with E-state index in [1.165, 1.54) is 5.56 Å². The van der Waals surface area contributed by atoms with Crippen LogP contribution in [-0.2, 0) is 6.54 Å². The normalized spacial score (nSPS) is 10.9. The summed E-state index contributed by atoms with van der Waals surface area (Å²) in [6, 6.07) is 28.8. The summed E-state index contributed by atoms with van der Waals surface area (Å²) in [6.07, 6.45) is 3.77. The quantitative estimate of drug-likeness (QED) is 0.352. The molecule has 5 nitrogen and oxygen atoms in total. The van der Waals surface area contributed by atoms with Gasteiger partial charge in [0, 0.05) is 25.4 Å². The standard InChI is InChI=1S/C27H24N4O/c1-30(17-20-11-5-3-6-12-20)26-25-22(21-13-7-4-8-14-21)18-31(27(25)29-19-28-26)23-15-9-10-16-24(23)32-2/h3-16,18-19H,17H2,1-2H3. The molecule has 5 heteroatoms. The molecular formula is C27H24N4O. The van der Waals surface area contributed by atoms with E-state index >= 15 is 0 Å². The van der Waals surface area contributed by atoms with E-state index in [1.807, 2.05) is 36.4 Å². The Kier molecular flexibility index (Phi) is 5.30. The number of para-hydroxylation sites is 2. The number of rotatable bonds is 6. The van der Waals surface area contributed by atoms with Crippen molar-refractivity contribution >= 4 is 16.9 Å². The Morgan fingerprint density at radius 2 is 1.53 bits per heavy atom. The molecule has 2 aromatic heterocycles. The number of hydrogen-bond donors (Lipinski definition) is 0. The van der Waals surface area contributed by atoms with Gasteiger partial charge in [0.2, 0.25) is 0 Å². The van der Waals surface area contributed by atoms with E-state index < -0.39 is 0 Å². The minimum absolute atomic E-state index is 0.751. The van der Waals surface area contributed by atoms with Gasteiger partial charge in [0.15, 0.2) is 5.65 Å². The van der Waals surface area contributed by atoms with Gasteiger partial charge < -0.3 is 9.64 Å². The number of hydrogen-bond acceptors (Lipinski definition) is 4. The first-order valence-electron chi connectivity index (χ1n) is 10.6. The lowest BCUT2D eigenvalue weighted by molar-refractivity contribution is 0.413. The van der Waals surface area contributed by atoms with E-state index in [-0.39, 0.29) is 0 Å². The van der Waals surface area contributed by atoms with Crippen molar-refractivity contribution in [3.05, 3.63) is 103 Å². The maximum Gasteiger partial charge on any atom is 0.150 e. The van der Waals surface area contributed by atoms with Crippen LogP contribution in [0.1, 0.15) is 5.56 Å². The van der Waals surface area contributed by atoms with Gasteiger partial charge >= 0.3 is 0 Å². The highest BCUT2D eigenvalue weighted by atomic mass is 16.5. The fraction of sp³-hybridized carbons (Fsp3) is 0.111. The van der Waals surface area contributed by atoms with Crippen molar-refractivity contribution in [3.8, 4) is 22.6 Å². The molecule has 0 N–H and O–H groups in total. The molecule has 0 aliphatic rings. The average Bonchev–Trinajstić information content (AvgIpc) is 3.25. The molecule has 32 heavy (non-hydrogen) atoms.